The molecule has 0 saturated carbocycles. The Morgan fingerprint density at radius 1 is 1.20 bits per heavy atom. The number of rotatable bonds is 7. The van der Waals surface area contributed by atoms with Crippen LogP contribution in [0.2, 0.25) is 0 Å². The lowest BCUT2D eigenvalue weighted by Gasteiger charge is -2.12. The molecule has 20 heavy (non-hydrogen) atoms. The third kappa shape index (κ3) is 5.19. The topological polar surface area (TPSA) is 101 Å². The van der Waals surface area contributed by atoms with Crippen molar-refractivity contribution in [2.75, 3.05) is 0 Å². The van der Waals surface area contributed by atoms with Crippen LogP contribution in [0.3, 0.4) is 0 Å². The Hall–Kier alpha value is -2.21. The van der Waals surface area contributed by atoms with Crippen LogP contribution in [-0.2, 0) is 9.59 Å². The van der Waals surface area contributed by atoms with E-state index in [-0.39, 0.29) is 18.7 Å². The number of aliphatic carboxylic acids is 2. The summed E-state index contributed by atoms with van der Waals surface area (Å²) in [5.74, 6) is -3.53. The number of allylic oxidation sites excluding steroid dienone is 1. The van der Waals surface area contributed by atoms with Crippen LogP contribution in [0.1, 0.15) is 18.4 Å². The van der Waals surface area contributed by atoms with Crippen LogP contribution in [-0.4, -0.2) is 28.2 Å². The molecule has 1 aromatic rings. The average Bonchev–Trinajstić information content (AvgIpc) is 2.39. The second-order valence-electron chi connectivity index (χ2n) is 4.41. The van der Waals surface area contributed by atoms with Gasteiger partial charge in [-0.05, 0) is 30.5 Å². The Kier molecular flexibility index (Phi) is 5.86. The quantitative estimate of drug-likeness (QED) is 0.706. The molecular weight excluding hydrogens is 265 g/mol. The SMILES string of the molecule is N[C@@H](C[C@H](C/C=C/c1ccc(F)cc1)C(=O)O)C(=O)O. The maximum atomic E-state index is 12.7. The van der Waals surface area contributed by atoms with Gasteiger partial charge in [0.15, 0.2) is 0 Å². The first-order valence-corrected chi connectivity index (χ1v) is 6.03. The van der Waals surface area contributed by atoms with Crippen LogP contribution in [0.15, 0.2) is 30.3 Å². The molecule has 0 radical (unpaired) electrons. The summed E-state index contributed by atoms with van der Waals surface area (Å²) in [4.78, 5) is 21.6. The van der Waals surface area contributed by atoms with Gasteiger partial charge >= 0.3 is 11.9 Å². The predicted octanol–water partition coefficient (Wildman–Crippen LogP) is 1.73. The van der Waals surface area contributed by atoms with Crippen molar-refractivity contribution in [2.45, 2.75) is 18.9 Å². The van der Waals surface area contributed by atoms with Crippen molar-refractivity contribution in [3.05, 3.63) is 41.7 Å². The Bertz CT molecular complexity index is 498. The van der Waals surface area contributed by atoms with Crippen LogP contribution in [0.4, 0.5) is 4.39 Å². The fourth-order valence-corrected chi connectivity index (χ4v) is 1.65. The van der Waals surface area contributed by atoms with E-state index in [2.05, 4.69) is 0 Å². The van der Waals surface area contributed by atoms with E-state index in [0.29, 0.717) is 0 Å². The number of hydrogen-bond donors (Lipinski definition) is 3. The van der Waals surface area contributed by atoms with Gasteiger partial charge in [-0.25, -0.2) is 4.39 Å². The van der Waals surface area contributed by atoms with Gasteiger partial charge in [-0.1, -0.05) is 24.3 Å². The van der Waals surface area contributed by atoms with Crippen molar-refractivity contribution in [1.82, 2.24) is 0 Å². The molecular formula is C14H16FNO4. The molecule has 0 aliphatic heterocycles. The Labute approximate surface area is 115 Å². The van der Waals surface area contributed by atoms with Crippen molar-refractivity contribution in [3.8, 4) is 0 Å². The summed E-state index contributed by atoms with van der Waals surface area (Å²) in [6.07, 6.45) is 3.29. The van der Waals surface area contributed by atoms with Gasteiger partial charge < -0.3 is 15.9 Å². The van der Waals surface area contributed by atoms with Gasteiger partial charge in [0, 0.05) is 0 Å². The minimum Gasteiger partial charge on any atom is -0.481 e. The summed E-state index contributed by atoms with van der Waals surface area (Å²) in [5, 5.41) is 17.7. The summed E-state index contributed by atoms with van der Waals surface area (Å²) >= 11 is 0. The van der Waals surface area contributed by atoms with Crippen LogP contribution < -0.4 is 5.73 Å². The van der Waals surface area contributed by atoms with E-state index in [1.807, 2.05) is 0 Å². The zero-order chi connectivity index (χ0) is 15.1. The summed E-state index contributed by atoms with van der Waals surface area (Å²) in [6.45, 7) is 0. The van der Waals surface area contributed by atoms with E-state index in [4.69, 9.17) is 15.9 Å². The summed E-state index contributed by atoms with van der Waals surface area (Å²) in [6, 6.07) is 4.52. The zero-order valence-corrected chi connectivity index (χ0v) is 10.7. The van der Waals surface area contributed by atoms with Gasteiger partial charge in [0.2, 0.25) is 0 Å². The summed E-state index contributed by atoms with van der Waals surface area (Å²) in [5.41, 5.74) is 6.06. The molecule has 0 unspecified atom stereocenters. The summed E-state index contributed by atoms with van der Waals surface area (Å²) in [7, 11) is 0. The minimum atomic E-state index is -1.22. The van der Waals surface area contributed by atoms with E-state index >= 15 is 0 Å². The minimum absolute atomic E-state index is 0.140. The largest absolute Gasteiger partial charge is 0.481 e. The van der Waals surface area contributed by atoms with Crippen molar-refractivity contribution < 1.29 is 24.2 Å². The van der Waals surface area contributed by atoms with E-state index in [0.717, 1.165) is 5.56 Å². The van der Waals surface area contributed by atoms with Gasteiger partial charge in [-0.3, -0.25) is 9.59 Å². The number of nitrogens with two attached hydrogens (primary N) is 1. The molecule has 0 fully saturated rings. The molecule has 0 saturated heterocycles. The highest BCUT2D eigenvalue weighted by Crippen LogP contribution is 2.14. The van der Waals surface area contributed by atoms with E-state index in [1.54, 1.807) is 24.3 Å². The number of carboxylic acids is 2. The molecule has 0 spiro atoms. The number of benzene rings is 1. The highest BCUT2D eigenvalue weighted by Gasteiger charge is 2.23. The van der Waals surface area contributed by atoms with Gasteiger partial charge in [0.25, 0.3) is 0 Å². The Balaban J connectivity index is 2.60. The maximum Gasteiger partial charge on any atom is 0.320 e. The maximum absolute atomic E-state index is 12.7. The van der Waals surface area contributed by atoms with Crippen molar-refractivity contribution >= 4 is 18.0 Å². The van der Waals surface area contributed by atoms with Crippen molar-refractivity contribution in [1.29, 1.82) is 0 Å². The van der Waals surface area contributed by atoms with Gasteiger partial charge in [-0.2, -0.15) is 0 Å². The van der Waals surface area contributed by atoms with Crippen molar-refractivity contribution in [3.63, 3.8) is 0 Å². The zero-order valence-electron chi connectivity index (χ0n) is 10.7. The normalized spacial score (nSPS) is 14.1. The Morgan fingerprint density at radius 3 is 2.30 bits per heavy atom. The molecule has 5 nitrogen and oxygen atoms in total. The number of carbonyl (C=O) groups is 2. The first kappa shape index (κ1) is 15.8. The van der Waals surface area contributed by atoms with E-state index in [9.17, 15) is 14.0 Å². The molecule has 2 atom stereocenters. The fraction of sp³-hybridized carbons (Fsp3) is 0.286. The molecule has 1 rings (SSSR count). The molecule has 108 valence electrons. The molecule has 4 N–H and O–H groups in total. The number of hydrogen-bond acceptors (Lipinski definition) is 3. The van der Waals surface area contributed by atoms with Crippen molar-refractivity contribution in [2.24, 2.45) is 11.7 Å². The molecule has 0 heterocycles. The van der Waals surface area contributed by atoms with E-state index in [1.165, 1.54) is 12.1 Å². The molecule has 0 aromatic heterocycles. The van der Waals surface area contributed by atoms with E-state index < -0.39 is 23.9 Å². The molecule has 1 aromatic carbocycles. The second-order valence-corrected chi connectivity index (χ2v) is 4.41. The molecule has 0 aliphatic carbocycles. The fourth-order valence-electron chi connectivity index (χ4n) is 1.65. The number of carboxylic acid groups (broad SMARTS) is 2. The standard InChI is InChI=1S/C14H16FNO4/c15-11-6-4-9(5-7-11)2-1-3-10(13(17)18)8-12(16)14(19)20/h1-2,4-7,10,12H,3,8,16H2,(H,17,18)(H,19,20)/b2-1+/t10-,12-/m0/s1. The third-order valence-corrected chi connectivity index (χ3v) is 2.81. The molecule has 0 aliphatic rings. The lowest BCUT2D eigenvalue weighted by molar-refractivity contribution is -0.143. The van der Waals surface area contributed by atoms with Crippen LogP contribution in [0.5, 0.6) is 0 Å². The van der Waals surface area contributed by atoms with Crippen LogP contribution in [0.25, 0.3) is 6.08 Å². The molecule has 0 amide bonds. The third-order valence-electron chi connectivity index (χ3n) is 2.81. The van der Waals surface area contributed by atoms with Gasteiger partial charge in [0.05, 0.1) is 5.92 Å². The highest BCUT2D eigenvalue weighted by atomic mass is 19.1. The van der Waals surface area contributed by atoms with Crippen LogP contribution in [0, 0.1) is 11.7 Å². The second kappa shape index (κ2) is 7.40. The smallest absolute Gasteiger partial charge is 0.320 e. The molecule has 0 bridgehead atoms. The lowest BCUT2D eigenvalue weighted by Crippen LogP contribution is -2.34. The van der Waals surface area contributed by atoms with Gasteiger partial charge in [-0.15, -0.1) is 0 Å². The average molecular weight is 281 g/mol. The first-order valence-electron chi connectivity index (χ1n) is 6.03. The highest BCUT2D eigenvalue weighted by molar-refractivity contribution is 5.76. The van der Waals surface area contributed by atoms with Crippen LogP contribution >= 0.6 is 0 Å². The Morgan fingerprint density at radius 2 is 1.80 bits per heavy atom. The first-order chi connectivity index (χ1) is 9.40. The molecule has 6 heteroatoms. The monoisotopic (exact) mass is 281 g/mol. The van der Waals surface area contributed by atoms with Gasteiger partial charge in [0.1, 0.15) is 11.9 Å². The summed E-state index contributed by atoms with van der Waals surface area (Å²) < 4.78 is 12.7. The number of halogens is 1. The lowest BCUT2D eigenvalue weighted by atomic mass is 9.96. The predicted molar refractivity (Wildman–Crippen MR) is 71.4 cm³/mol.